The van der Waals surface area contributed by atoms with Crippen molar-refractivity contribution in [2.24, 2.45) is 7.05 Å². The van der Waals surface area contributed by atoms with Gasteiger partial charge >= 0.3 is 5.97 Å². The Morgan fingerprint density at radius 1 is 1.62 bits per heavy atom. The second-order valence-corrected chi connectivity index (χ2v) is 3.00. The maximum Gasteiger partial charge on any atom is 0.309 e. The number of carboxylic acid groups (broad SMARTS) is 1. The van der Waals surface area contributed by atoms with Gasteiger partial charge in [0, 0.05) is 13.1 Å². The van der Waals surface area contributed by atoms with Gasteiger partial charge in [0.15, 0.2) is 0 Å². The molecule has 0 atom stereocenters. The number of nitrogens with zero attached hydrogens (tertiary/aromatic N) is 1. The van der Waals surface area contributed by atoms with Gasteiger partial charge < -0.3 is 9.67 Å². The number of carboxylic acids is 1. The van der Waals surface area contributed by atoms with Crippen molar-refractivity contribution in [3.05, 3.63) is 33.2 Å². The van der Waals surface area contributed by atoms with Crippen molar-refractivity contribution in [1.29, 1.82) is 0 Å². The summed E-state index contributed by atoms with van der Waals surface area (Å²) < 4.78 is 1.23. The van der Waals surface area contributed by atoms with Crippen LogP contribution in [0.2, 0.25) is 5.02 Å². The van der Waals surface area contributed by atoms with Gasteiger partial charge in [0.05, 0.1) is 17.1 Å². The Balaban J connectivity index is 3.25. The van der Waals surface area contributed by atoms with E-state index >= 15 is 0 Å². The monoisotopic (exact) mass is 201 g/mol. The molecule has 0 fully saturated rings. The zero-order valence-electron chi connectivity index (χ0n) is 6.95. The summed E-state index contributed by atoms with van der Waals surface area (Å²) in [6.07, 6.45) is -0.245. The molecule has 4 nitrogen and oxygen atoms in total. The number of rotatable bonds is 2. The zero-order valence-corrected chi connectivity index (χ0v) is 7.71. The lowest BCUT2D eigenvalue weighted by molar-refractivity contribution is -0.136. The summed E-state index contributed by atoms with van der Waals surface area (Å²) in [7, 11) is 1.49. The molecule has 0 saturated heterocycles. The SMILES string of the molecule is Cn1c(CC(=O)O)c(Cl)ccc1=O. The van der Waals surface area contributed by atoms with E-state index in [0.717, 1.165) is 0 Å². The van der Waals surface area contributed by atoms with Crippen LogP contribution in [-0.2, 0) is 18.3 Å². The van der Waals surface area contributed by atoms with E-state index in [1.807, 2.05) is 0 Å². The third-order valence-corrected chi connectivity index (χ3v) is 2.05. The molecule has 1 aromatic heterocycles. The Kier molecular flexibility index (Phi) is 2.72. The summed E-state index contributed by atoms with van der Waals surface area (Å²) in [6, 6.07) is 2.70. The van der Waals surface area contributed by atoms with Crippen LogP contribution in [0.15, 0.2) is 16.9 Å². The molecular formula is C8H8ClNO3. The highest BCUT2D eigenvalue weighted by molar-refractivity contribution is 6.31. The molecule has 0 spiro atoms. The smallest absolute Gasteiger partial charge is 0.309 e. The van der Waals surface area contributed by atoms with Gasteiger partial charge in [-0.3, -0.25) is 9.59 Å². The second kappa shape index (κ2) is 3.62. The average Bonchev–Trinajstić information content (AvgIpc) is 2.05. The van der Waals surface area contributed by atoms with Crippen LogP contribution < -0.4 is 5.56 Å². The number of hydrogen-bond donors (Lipinski definition) is 1. The summed E-state index contributed by atoms with van der Waals surface area (Å²) in [5.74, 6) is -1.01. The van der Waals surface area contributed by atoms with Crippen molar-refractivity contribution in [2.75, 3.05) is 0 Å². The van der Waals surface area contributed by atoms with E-state index in [9.17, 15) is 9.59 Å². The lowest BCUT2D eigenvalue weighted by Crippen LogP contribution is -2.21. The van der Waals surface area contributed by atoms with Crippen LogP contribution in [0.4, 0.5) is 0 Å². The van der Waals surface area contributed by atoms with Crippen molar-refractivity contribution in [1.82, 2.24) is 4.57 Å². The van der Waals surface area contributed by atoms with Gasteiger partial charge in [0.2, 0.25) is 0 Å². The first-order chi connectivity index (χ1) is 6.02. The molecule has 1 aromatic rings. The molecule has 0 radical (unpaired) electrons. The van der Waals surface area contributed by atoms with E-state index in [1.54, 1.807) is 0 Å². The van der Waals surface area contributed by atoms with Gasteiger partial charge in [-0.05, 0) is 6.07 Å². The van der Waals surface area contributed by atoms with E-state index in [1.165, 1.54) is 23.7 Å². The molecule has 0 saturated carbocycles. The number of pyridine rings is 1. The normalized spacial score (nSPS) is 10.0. The molecule has 70 valence electrons. The topological polar surface area (TPSA) is 59.3 Å². The van der Waals surface area contributed by atoms with Crippen molar-refractivity contribution < 1.29 is 9.90 Å². The van der Waals surface area contributed by atoms with E-state index in [4.69, 9.17) is 16.7 Å². The van der Waals surface area contributed by atoms with Crippen LogP contribution in [0.5, 0.6) is 0 Å². The highest BCUT2D eigenvalue weighted by atomic mass is 35.5. The minimum atomic E-state index is -1.01. The second-order valence-electron chi connectivity index (χ2n) is 2.60. The highest BCUT2D eigenvalue weighted by Gasteiger charge is 2.09. The standard InChI is InChI=1S/C8H8ClNO3/c1-10-6(4-8(12)13)5(9)2-3-7(10)11/h2-3H,4H2,1H3,(H,12,13). The number of carbonyl (C=O) groups is 1. The summed E-state index contributed by atoms with van der Waals surface area (Å²) in [5, 5.41) is 8.83. The third kappa shape index (κ3) is 2.09. The van der Waals surface area contributed by atoms with Gasteiger partial charge in [-0.1, -0.05) is 11.6 Å². The maximum atomic E-state index is 11.1. The molecule has 0 aromatic carbocycles. The first-order valence-electron chi connectivity index (χ1n) is 3.58. The maximum absolute atomic E-state index is 11.1. The number of aliphatic carboxylic acids is 1. The first-order valence-corrected chi connectivity index (χ1v) is 3.96. The summed E-state index contributed by atoms with van der Waals surface area (Å²) in [6.45, 7) is 0. The van der Waals surface area contributed by atoms with Gasteiger partial charge in [0.1, 0.15) is 0 Å². The molecule has 0 aliphatic heterocycles. The predicted octanol–water partition coefficient (Wildman–Crippen LogP) is 0.666. The predicted molar refractivity (Wildman–Crippen MR) is 48.0 cm³/mol. The van der Waals surface area contributed by atoms with Crippen molar-refractivity contribution in [3.63, 3.8) is 0 Å². The summed E-state index contributed by atoms with van der Waals surface area (Å²) in [4.78, 5) is 21.5. The van der Waals surface area contributed by atoms with Gasteiger partial charge in [0.25, 0.3) is 5.56 Å². The number of aromatic nitrogens is 1. The molecule has 1 N–H and O–H groups in total. The minimum absolute atomic E-state index is 0.245. The van der Waals surface area contributed by atoms with Crippen LogP contribution >= 0.6 is 11.6 Å². The van der Waals surface area contributed by atoms with Crippen molar-refractivity contribution in [3.8, 4) is 0 Å². The number of halogens is 1. The molecular weight excluding hydrogens is 194 g/mol. The Hall–Kier alpha value is -1.29. The molecule has 0 bridgehead atoms. The fraction of sp³-hybridized carbons (Fsp3) is 0.250. The molecule has 0 aliphatic rings. The van der Waals surface area contributed by atoms with E-state index in [2.05, 4.69) is 0 Å². The zero-order chi connectivity index (χ0) is 10.0. The van der Waals surface area contributed by atoms with Crippen LogP contribution in [-0.4, -0.2) is 15.6 Å². The Labute approximate surface area is 79.4 Å². The van der Waals surface area contributed by atoms with E-state index in [0.29, 0.717) is 10.7 Å². The third-order valence-electron chi connectivity index (χ3n) is 1.70. The molecule has 1 heterocycles. The Bertz CT molecular complexity index is 397. The quantitative estimate of drug-likeness (QED) is 0.765. The highest BCUT2D eigenvalue weighted by Crippen LogP contribution is 2.12. The fourth-order valence-corrected chi connectivity index (χ4v) is 1.25. The molecule has 5 heteroatoms. The van der Waals surface area contributed by atoms with Gasteiger partial charge in [-0.25, -0.2) is 0 Å². The minimum Gasteiger partial charge on any atom is -0.481 e. The summed E-state index contributed by atoms with van der Waals surface area (Å²) >= 11 is 5.72. The number of hydrogen-bond acceptors (Lipinski definition) is 2. The molecule has 13 heavy (non-hydrogen) atoms. The average molecular weight is 202 g/mol. The van der Waals surface area contributed by atoms with Gasteiger partial charge in [-0.15, -0.1) is 0 Å². The van der Waals surface area contributed by atoms with E-state index in [-0.39, 0.29) is 12.0 Å². The van der Waals surface area contributed by atoms with Crippen LogP contribution in [0, 0.1) is 0 Å². The van der Waals surface area contributed by atoms with Crippen molar-refractivity contribution >= 4 is 17.6 Å². The molecule has 0 unspecified atom stereocenters. The molecule has 0 amide bonds. The lowest BCUT2D eigenvalue weighted by atomic mass is 10.2. The van der Waals surface area contributed by atoms with Gasteiger partial charge in [-0.2, -0.15) is 0 Å². The van der Waals surface area contributed by atoms with E-state index < -0.39 is 5.97 Å². The van der Waals surface area contributed by atoms with Crippen LogP contribution in [0.25, 0.3) is 0 Å². The Morgan fingerprint density at radius 2 is 2.23 bits per heavy atom. The first kappa shape index (κ1) is 9.80. The van der Waals surface area contributed by atoms with Crippen LogP contribution in [0.1, 0.15) is 5.69 Å². The molecule has 0 aliphatic carbocycles. The lowest BCUT2D eigenvalue weighted by Gasteiger charge is -2.06. The largest absolute Gasteiger partial charge is 0.481 e. The van der Waals surface area contributed by atoms with Crippen LogP contribution in [0.3, 0.4) is 0 Å². The fourth-order valence-electron chi connectivity index (χ4n) is 0.992. The summed E-state index contributed by atoms with van der Waals surface area (Å²) in [5.41, 5.74) is 0.0577. The molecule has 1 rings (SSSR count). The Morgan fingerprint density at radius 3 is 2.77 bits per heavy atom. The van der Waals surface area contributed by atoms with Crippen molar-refractivity contribution in [2.45, 2.75) is 6.42 Å².